The van der Waals surface area contributed by atoms with Gasteiger partial charge in [-0.1, -0.05) is 47.5 Å². The Balaban J connectivity index is 2.41. The molecule has 2 atom stereocenters. The standard InChI is InChI=1S/C15H30O2/c1-6-14(4,7-2)11-15(5,8-3)12-16-9-13-10-17-13/h13H,6-12H2,1-5H3. The van der Waals surface area contributed by atoms with Gasteiger partial charge in [0.25, 0.3) is 0 Å². The van der Waals surface area contributed by atoms with Crippen molar-refractivity contribution < 1.29 is 9.47 Å². The molecule has 0 aromatic carbocycles. The van der Waals surface area contributed by atoms with Crippen LogP contribution in [0.4, 0.5) is 0 Å². The van der Waals surface area contributed by atoms with Gasteiger partial charge in [0.05, 0.1) is 19.8 Å². The molecule has 1 heterocycles. The summed E-state index contributed by atoms with van der Waals surface area (Å²) in [5.41, 5.74) is 0.778. The van der Waals surface area contributed by atoms with Crippen LogP contribution in [0.15, 0.2) is 0 Å². The molecule has 1 rings (SSSR count). The highest BCUT2D eigenvalue weighted by atomic mass is 16.6. The number of ether oxygens (including phenoxy) is 2. The highest BCUT2D eigenvalue weighted by molar-refractivity contribution is 4.83. The minimum Gasteiger partial charge on any atom is -0.378 e. The van der Waals surface area contributed by atoms with E-state index in [4.69, 9.17) is 9.47 Å². The van der Waals surface area contributed by atoms with E-state index in [1.165, 1.54) is 25.7 Å². The second-order valence-corrected chi connectivity index (χ2v) is 6.33. The van der Waals surface area contributed by atoms with Crippen LogP contribution in [-0.2, 0) is 9.47 Å². The van der Waals surface area contributed by atoms with E-state index in [2.05, 4.69) is 34.6 Å². The van der Waals surface area contributed by atoms with E-state index in [1.807, 2.05) is 0 Å². The Morgan fingerprint density at radius 1 is 1.06 bits per heavy atom. The van der Waals surface area contributed by atoms with Crippen LogP contribution in [0.5, 0.6) is 0 Å². The molecule has 1 aliphatic rings. The number of rotatable bonds is 9. The quantitative estimate of drug-likeness (QED) is 0.569. The molecule has 2 heteroatoms. The van der Waals surface area contributed by atoms with E-state index in [9.17, 15) is 0 Å². The SMILES string of the molecule is CCC(C)(CC)CC(C)(CC)COCC1CO1. The minimum atomic E-state index is 0.315. The molecule has 2 unspecified atom stereocenters. The summed E-state index contributed by atoms with van der Waals surface area (Å²) in [6.07, 6.45) is 5.35. The predicted octanol–water partition coefficient (Wildman–Crippen LogP) is 4.03. The summed E-state index contributed by atoms with van der Waals surface area (Å²) in [6.45, 7) is 14.2. The lowest BCUT2D eigenvalue weighted by Crippen LogP contribution is -2.31. The molecule has 17 heavy (non-hydrogen) atoms. The molecule has 0 N–H and O–H groups in total. The summed E-state index contributed by atoms with van der Waals surface area (Å²) in [5.74, 6) is 0. The second kappa shape index (κ2) is 6.19. The lowest BCUT2D eigenvalue weighted by molar-refractivity contribution is 0.0126. The van der Waals surface area contributed by atoms with E-state index >= 15 is 0 Å². The van der Waals surface area contributed by atoms with Crippen molar-refractivity contribution in [2.45, 2.75) is 66.4 Å². The van der Waals surface area contributed by atoms with E-state index in [0.717, 1.165) is 19.8 Å². The Morgan fingerprint density at radius 3 is 2.00 bits per heavy atom. The summed E-state index contributed by atoms with van der Waals surface area (Å²) in [7, 11) is 0. The lowest BCUT2D eigenvalue weighted by atomic mass is 9.69. The third-order valence-electron chi connectivity index (χ3n) is 4.57. The van der Waals surface area contributed by atoms with Crippen LogP contribution < -0.4 is 0 Å². The summed E-state index contributed by atoms with van der Waals surface area (Å²) in [5, 5.41) is 0. The molecule has 1 aliphatic heterocycles. The zero-order chi connectivity index (χ0) is 12.9. The molecular weight excluding hydrogens is 212 g/mol. The summed E-state index contributed by atoms with van der Waals surface area (Å²) in [6, 6.07) is 0. The first-order valence-electron chi connectivity index (χ1n) is 7.16. The third kappa shape index (κ3) is 4.97. The third-order valence-corrected chi connectivity index (χ3v) is 4.57. The van der Waals surface area contributed by atoms with Gasteiger partial charge in [0.15, 0.2) is 0 Å². The van der Waals surface area contributed by atoms with Crippen molar-refractivity contribution in [3.63, 3.8) is 0 Å². The van der Waals surface area contributed by atoms with Crippen molar-refractivity contribution in [2.75, 3.05) is 19.8 Å². The zero-order valence-electron chi connectivity index (χ0n) is 12.3. The van der Waals surface area contributed by atoms with Crippen LogP contribution >= 0.6 is 0 Å². The molecular formula is C15H30O2. The van der Waals surface area contributed by atoms with Gasteiger partial charge in [0.2, 0.25) is 0 Å². The van der Waals surface area contributed by atoms with Crippen LogP contribution in [0.2, 0.25) is 0 Å². The van der Waals surface area contributed by atoms with Crippen molar-refractivity contribution in [1.82, 2.24) is 0 Å². The van der Waals surface area contributed by atoms with Crippen molar-refractivity contribution in [3.05, 3.63) is 0 Å². The van der Waals surface area contributed by atoms with Gasteiger partial charge >= 0.3 is 0 Å². The number of epoxide rings is 1. The number of hydrogen-bond donors (Lipinski definition) is 0. The highest BCUT2D eigenvalue weighted by Crippen LogP contribution is 2.41. The van der Waals surface area contributed by atoms with Crippen LogP contribution in [0.25, 0.3) is 0 Å². The van der Waals surface area contributed by atoms with Crippen LogP contribution in [-0.4, -0.2) is 25.9 Å². The topological polar surface area (TPSA) is 21.8 Å². The lowest BCUT2D eigenvalue weighted by Gasteiger charge is -2.38. The van der Waals surface area contributed by atoms with Gasteiger partial charge < -0.3 is 9.47 Å². The van der Waals surface area contributed by atoms with Crippen molar-refractivity contribution in [3.8, 4) is 0 Å². The van der Waals surface area contributed by atoms with Crippen LogP contribution in [0.1, 0.15) is 60.3 Å². The molecule has 0 aromatic rings. The average Bonchev–Trinajstić information content (AvgIpc) is 3.13. The molecule has 1 fully saturated rings. The fraction of sp³-hybridized carbons (Fsp3) is 1.00. The van der Waals surface area contributed by atoms with Gasteiger partial charge in [-0.25, -0.2) is 0 Å². The first-order valence-corrected chi connectivity index (χ1v) is 7.16. The molecule has 0 amide bonds. The Morgan fingerprint density at radius 2 is 1.59 bits per heavy atom. The average molecular weight is 242 g/mol. The zero-order valence-corrected chi connectivity index (χ0v) is 12.3. The maximum atomic E-state index is 5.82. The fourth-order valence-electron chi connectivity index (χ4n) is 2.41. The molecule has 0 radical (unpaired) electrons. The van der Waals surface area contributed by atoms with Crippen molar-refractivity contribution in [1.29, 1.82) is 0 Å². The molecule has 0 spiro atoms. The smallest absolute Gasteiger partial charge is 0.104 e. The largest absolute Gasteiger partial charge is 0.378 e. The maximum Gasteiger partial charge on any atom is 0.104 e. The minimum absolute atomic E-state index is 0.315. The Kier molecular flexibility index (Phi) is 5.46. The van der Waals surface area contributed by atoms with E-state index in [1.54, 1.807) is 0 Å². The summed E-state index contributed by atoms with van der Waals surface area (Å²) >= 11 is 0. The molecule has 0 aromatic heterocycles. The van der Waals surface area contributed by atoms with Crippen LogP contribution in [0.3, 0.4) is 0 Å². The first-order chi connectivity index (χ1) is 7.97. The monoisotopic (exact) mass is 242 g/mol. The predicted molar refractivity (Wildman–Crippen MR) is 72.3 cm³/mol. The molecule has 102 valence electrons. The van der Waals surface area contributed by atoms with E-state index < -0.39 is 0 Å². The Bertz CT molecular complexity index is 219. The van der Waals surface area contributed by atoms with Gasteiger partial charge in [0, 0.05) is 0 Å². The molecule has 0 bridgehead atoms. The van der Waals surface area contributed by atoms with Crippen molar-refractivity contribution >= 4 is 0 Å². The molecule has 1 saturated heterocycles. The molecule has 0 aliphatic carbocycles. The maximum absolute atomic E-state index is 5.82. The second-order valence-electron chi connectivity index (χ2n) is 6.33. The molecule has 2 nitrogen and oxygen atoms in total. The Labute approximate surface area is 107 Å². The van der Waals surface area contributed by atoms with Crippen molar-refractivity contribution in [2.24, 2.45) is 10.8 Å². The highest BCUT2D eigenvalue weighted by Gasteiger charge is 2.33. The van der Waals surface area contributed by atoms with E-state index in [0.29, 0.717) is 16.9 Å². The van der Waals surface area contributed by atoms with E-state index in [-0.39, 0.29) is 0 Å². The van der Waals surface area contributed by atoms with Gasteiger partial charge in [-0.05, 0) is 23.7 Å². The first kappa shape index (κ1) is 15.0. The van der Waals surface area contributed by atoms with Gasteiger partial charge in [-0.2, -0.15) is 0 Å². The summed E-state index contributed by atoms with van der Waals surface area (Å²) in [4.78, 5) is 0. The van der Waals surface area contributed by atoms with Crippen LogP contribution in [0, 0.1) is 10.8 Å². The normalized spacial score (nSPS) is 23.5. The fourth-order valence-corrected chi connectivity index (χ4v) is 2.41. The van der Waals surface area contributed by atoms with Gasteiger partial charge in [-0.3, -0.25) is 0 Å². The van der Waals surface area contributed by atoms with Gasteiger partial charge in [0.1, 0.15) is 6.10 Å². The Hall–Kier alpha value is -0.0800. The van der Waals surface area contributed by atoms with Gasteiger partial charge in [-0.15, -0.1) is 0 Å². The number of hydrogen-bond acceptors (Lipinski definition) is 2. The molecule has 0 saturated carbocycles. The summed E-state index contributed by atoms with van der Waals surface area (Å²) < 4.78 is 11.0.